The van der Waals surface area contributed by atoms with E-state index in [0.717, 1.165) is 44.6 Å². The van der Waals surface area contributed by atoms with Crippen molar-refractivity contribution in [1.29, 1.82) is 0 Å². The van der Waals surface area contributed by atoms with Gasteiger partial charge in [0.2, 0.25) is 5.95 Å². The summed E-state index contributed by atoms with van der Waals surface area (Å²) in [6, 6.07) is 10.3. The van der Waals surface area contributed by atoms with Crippen molar-refractivity contribution >= 4 is 22.5 Å². The molecule has 5 aromatic rings. The first-order valence-corrected chi connectivity index (χ1v) is 9.82. The van der Waals surface area contributed by atoms with Gasteiger partial charge >= 0.3 is 0 Å². The lowest BCUT2D eigenvalue weighted by atomic mass is 10.0. The molecule has 0 aliphatic carbocycles. The molecule has 0 fully saturated rings. The first-order chi connectivity index (χ1) is 14.5. The van der Waals surface area contributed by atoms with Crippen LogP contribution in [0.2, 0.25) is 0 Å². The predicted octanol–water partition coefficient (Wildman–Crippen LogP) is 3.61. The molecule has 150 valence electrons. The number of hydrogen-bond acceptors (Lipinski definition) is 6. The van der Waals surface area contributed by atoms with Crippen LogP contribution in [0.4, 0.5) is 5.95 Å². The van der Waals surface area contributed by atoms with Crippen LogP contribution in [0.3, 0.4) is 0 Å². The molecule has 0 saturated heterocycles. The molecule has 0 aliphatic heterocycles. The van der Waals surface area contributed by atoms with Crippen molar-refractivity contribution < 1.29 is 0 Å². The Kier molecular flexibility index (Phi) is 4.20. The number of aromatic nitrogens is 7. The van der Waals surface area contributed by atoms with E-state index in [9.17, 15) is 0 Å². The summed E-state index contributed by atoms with van der Waals surface area (Å²) in [7, 11) is 1.97. The Morgan fingerprint density at radius 3 is 2.53 bits per heavy atom. The van der Waals surface area contributed by atoms with Crippen molar-refractivity contribution in [2.75, 3.05) is 5.32 Å². The van der Waals surface area contributed by atoms with Crippen molar-refractivity contribution in [3.63, 3.8) is 0 Å². The van der Waals surface area contributed by atoms with Gasteiger partial charge in [-0.3, -0.25) is 9.67 Å². The topological polar surface area (TPSA) is 85.8 Å². The van der Waals surface area contributed by atoms with E-state index in [-0.39, 0.29) is 0 Å². The summed E-state index contributed by atoms with van der Waals surface area (Å²) in [5.41, 5.74) is 7.02. The van der Waals surface area contributed by atoms with Gasteiger partial charge in [-0.15, -0.1) is 0 Å². The van der Waals surface area contributed by atoms with Crippen LogP contribution < -0.4 is 5.32 Å². The van der Waals surface area contributed by atoms with Crippen LogP contribution in [0, 0.1) is 20.8 Å². The summed E-state index contributed by atoms with van der Waals surface area (Å²) in [5, 5.41) is 13.8. The molecule has 4 aromatic heterocycles. The highest BCUT2D eigenvalue weighted by molar-refractivity contribution is 5.90. The van der Waals surface area contributed by atoms with Crippen LogP contribution in [0.25, 0.3) is 27.7 Å². The molecule has 8 heteroatoms. The lowest BCUT2D eigenvalue weighted by molar-refractivity contribution is 0.783. The van der Waals surface area contributed by atoms with Crippen molar-refractivity contribution in [2.24, 2.45) is 7.05 Å². The minimum Gasteiger partial charge on any atom is -0.350 e. The highest BCUT2D eigenvalue weighted by Gasteiger charge is 2.18. The molecule has 8 nitrogen and oxygen atoms in total. The highest BCUT2D eigenvalue weighted by Crippen LogP contribution is 2.31. The monoisotopic (exact) mass is 398 g/mol. The maximum Gasteiger partial charge on any atom is 0.227 e. The quantitative estimate of drug-likeness (QED) is 0.498. The van der Waals surface area contributed by atoms with Gasteiger partial charge in [-0.25, -0.2) is 4.98 Å². The lowest BCUT2D eigenvalue weighted by Gasteiger charge is -2.08. The van der Waals surface area contributed by atoms with Crippen LogP contribution in [-0.4, -0.2) is 34.3 Å². The number of benzene rings is 1. The van der Waals surface area contributed by atoms with E-state index in [1.54, 1.807) is 16.9 Å². The van der Waals surface area contributed by atoms with Crippen molar-refractivity contribution in [3.8, 4) is 11.1 Å². The van der Waals surface area contributed by atoms with E-state index in [0.29, 0.717) is 18.3 Å². The van der Waals surface area contributed by atoms with Gasteiger partial charge in [-0.1, -0.05) is 6.07 Å². The molecular weight excluding hydrogens is 376 g/mol. The van der Waals surface area contributed by atoms with E-state index in [2.05, 4.69) is 38.6 Å². The van der Waals surface area contributed by atoms with Crippen LogP contribution in [0.15, 0.2) is 42.7 Å². The van der Waals surface area contributed by atoms with Crippen LogP contribution in [0.1, 0.15) is 22.8 Å². The summed E-state index contributed by atoms with van der Waals surface area (Å²) in [5.74, 6) is 1.36. The Morgan fingerprint density at radius 2 is 1.73 bits per heavy atom. The molecule has 4 heterocycles. The molecule has 0 saturated carbocycles. The Labute approximate surface area is 173 Å². The normalized spacial score (nSPS) is 11.5. The SMILES string of the molecule is Cc1nc(NCc2ccncc2)n2nc(C)c(-c3ccc4c(c3)c(C)nn4C)c2n1. The fraction of sp³-hybridized carbons (Fsp3) is 0.227. The molecule has 5 rings (SSSR count). The number of nitrogens with zero attached hydrogens (tertiary/aromatic N) is 7. The molecule has 0 aliphatic rings. The van der Waals surface area contributed by atoms with Crippen LogP contribution in [0.5, 0.6) is 0 Å². The third-order valence-corrected chi connectivity index (χ3v) is 5.30. The van der Waals surface area contributed by atoms with Crippen molar-refractivity contribution in [2.45, 2.75) is 27.3 Å². The number of fused-ring (bicyclic) bond motifs is 2. The highest BCUT2D eigenvalue weighted by atomic mass is 15.4. The number of anilines is 1. The Balaban J connectivity index is 1.62. The van der Waals surface area contributed by atoms with Gasteiger partial charge in [0.25, 0.3) is 0 Å². The summed E-state index contributed by atoms with van der Waals surface area (Å²) in [6.45, 7) is 6.57. The first-order valence-electron chi connectivity index (χ1n) is 9.82. The molecule has 0 bridgehead atoms. The molecule has 1 N–H and O–H groups in total. The van der Waals surface area contributed by atoms with E-state index in [4.69, 9.17) is 10.1 Å². The second-order valence-corrected chi connectivity index (χ2v) is 7.44. The molecule has 0 unspecified atom stereocenters. The number of hydrogen-bond donors (Lipinski definition) is 1. The Morgan fingerprint density at radius 1 is 0.933 bits per heavy atom. The summed E-state index contributed by atoms with van der Waals surface area (Å²) in [4.78, 5) is 13.4. The Bertz CT molecular complexity index is 1380. The minimum atomic E-state index is 0.628. The zero-order chi connectivity index (χ0) is 20.8. The number of aryl methyl sites for hydroxylation is 4. The molecule has 0 atom stereocenters. The molecule has 1 aromatic carbocycles. The number of pyridine rings is 1. The van der Waals surface area contributed by atoms with Gasteiger partial charge in [0, 0.05) is 36.9 Å². The van der Waals surface area contributed by atoms with Gasteiger partial charge in [-0.2, -0.15) is 19.7 Å². The lowest BCUT2D eigenvalue weighted by Crippen LogP contribution is -2.09. The van der Waals surface area contributed by atoms with Gasteiger partial charge in [0.05, 0.1) is 16.9 Å². The fourth-order valence-electron chi connectivity index (χ4n) is 3.88. The molecular formula is C22H22N8. The maximum absolute atomic E-state index is 4.75. The van der Waals surface area contributed by atoms with Crippen LogP contribution >= 0.6 is 0 Å². The van der Waals surface area contributed by atoms with E-state index in [1.807, 2.05) is 44.6 Å². The third kappa shape index (κ3) is 2.97. The maximum atomic E-state index is 4.75. The molecule has 0 spiro atoms. The third-order valence-electron chi connectivity index (χ3n) is 5.30. The van der Waals surface area contributed by atoms with Crippen molar-refractivity contribution in [1.82, 2.24) is 34.3 Å². The van der Waals surface area contributed by atoms with E-state index < -0.39 is 0 Å². The van der Waals surface area contributed by atoms with Gasteiger partial charge < -0.3 is 5.32 Å². The minimum absolute atomic E-state index is 0.628. The number of nitrogens with one attached hydrogen (secondary N) is 1. The van der Waals surface area contributed by atoms with Gasteiger partial charge in [0.15, 0.2) is 5.65 Å². The molecule has 0 radical (unpaired) electrons. The number of rotatable bonds is 4. The first kappa shape index (κ1) is 18.2. The molecule has 30 heavy (non-hydrogen) atoms. The Hall–Kier alpha value is -3.81. The largest absolute Gasteiger partial charge is 0.350 e. The summed E-state index contributed by atoms with van der Waals surface area (Å²) >= 11 is 0. The summed E-state index contributed by atoms with van der Waals surface area (Å²) in [6.07, 6.45) is 3.56. The zero-order valence-corrected chi connectivity index (χ0v) is 17.4. The van der Waals surface area contributed by atoms with Gasteiger partial charge in [0.1, 0.15) is 5.82 Å². The van der Waals surface area contributed by atoms with Crippen molar-refractivity contribution in [3.05, 3.63) is 65.5 Å². The average Bonchev–Trinajstić information content (AvgIpc) is 3.22. The zero-order valence-electron chi connectivity index (χ0n) is 17.4. The average molecular weight is 398 g/mol. The van der Waals surface area contributed by atoms with E-state index >= 15 is 0 Å². The molecule has 0 amide bonds. The standard InChI is InChI=1S/C22H22N8/c1-13-18-11-17(5-6-19(18)29(4)27-13)20-14(2)28-30-21(20)25-15(3)26-22(30)24-12-16-7-9-23-10-8-16/h5-11H,12H2,1-4H3,(H,24,25,26). The smallest absolute Gasteiger partial charge is 0.227 e. The fourth-order valence-corrected chi connectivity index (χ4v) is 3.88. The predicted molar refractivity (Wildman–Crippen MR) is 116 cm³/mol. The summed E-state index contributed by atoms with van der Waals surface area (Å²) < 4.78 is 3.70. The second kappa shape index (κ2) is 6.91. The van der Waals surface area contributed by atoms with Crippen LogP contribution in [-0.2, 0) is 13.6 Å². The second-order valence-electron chi connectivity index (χ2n) is 7.44. The van der Waals surface area contributed by atoms with E-state index in [1.165, 1.54) is 0 Å². The van der Waals surface area contributed by atoms with Gasteiger partial charge in [-0.05, 0) is 56.2 Å².